The summed E-state index contributed by atoms with van der Waals surface area (Å²) in [5.74, 6) is -1.41. The van der Waals surface area contributed by atoms with Crippen molar-refractivity contribution in [2.45, 2.75) is 56.5 Å². The lowest BCUT2D eigenvalue weighted by Crippen LogP contribution is -2.57. The van der Waals surface area contributed by atoms with Crippen LogP contribution in [0.15, 0.2) is 60.7 Å². The molecule has 2 aromatic carbocycles. The molecule has 0 amide bonds. The summed E-state index contributed by atoms with van der Waals surface area (Å²) in [6, 6.07) is 14.3. The van der Waals surface area contributed by atoms with Gasteiger partial charge in [-0.2, -0.15) is 0 Å². The topological polar surface area (TPSA) is 76.1 Å². The highest BCUT2D eigenvalue weighted by molar-refractivity contribution is 6.36. The summed E-state index contributed by atoms with van der Waals surface area (Å²) in [6.45, 7) is 3.66. The number of carbonyl (C=O) groups is 2. The van der Waals surface area contributed by atoms with E-state index in [9.17, 15) is 14.7 Å². The van der Waals surface area contributed by atoms with E-state index >= 15 is 0 Å². The fraction of sp³-hybridized carbons (Fsp3) is 0.429. The zero-order chi connectivity index (χ0) is 25.5. The molecule has 0 radical (unpaired) electrons. The molecule has 2 heterocycles. The first kappa shape index (κ1) is 24.0. The van der Waals surface area contributed by atoms with Crippen LogP contribution in [0, 0.1) is 17.3 Å². The first-order valence-corrected chi connectivity index (χ1v) is 13.0. The molecule has 188 valence electrons. The molecule has 6 rings (SSSR count). The van der Waals surface area contributed by atoms with Gasteiger partial charge in [0.2, 0.25) is 5.60 Å². The Labute approximate surface area is 219 Å². The minimum Gasteiger partial charge on any atom is -0.459 e. The van der Waals surface area contributed by atoms with Crippen molar-refractivity contribution in [2.24, 2.45) is 17.3 Å². The molecular weight excluding hydrogens is 501 g/mol. The summed E-state index contributed by atoms with van der Waals surface area (Å²) in [5.41, 5.74) is -2.65. The van der Waals surface area contributed by atoms with Gasteiger partial charge in [-0.3, -0.25) is 9.63 Å². The Morgan fingerprint density at radius 1 is 1.03 bits per heavy atom. The van der Waals surface area contributed by atoms with E-state index in [0.717, 1.165) is 5.69 Å². The van der Waals surface area contributed by atoms with Gasteiger partial charge in [0.15, 0.2) is 5.78 Å². The maximum Gasteiger partial charge on any atom is 0.342 e. The molecule has 36 heavy (non-hydrogen) atoms. The van der Waals surface area contributed by atoms with Gasteiger partial charge in [0, 0.05) is 27.9 Å². The van der Waals surface area contributed by atoms with E-state index in [1.165, 1.54) is 6.08 Å². The van der Waals surface area contributed by atoms with Gasteiger partial charge in [0.1, 0.15) is 11.7 Å². The third-order valence-corrected chi connectivity index (χ3v) is 9.65. The lowest BCUT2D eigenvalue weighted by atomic mass is 9.63. The Kier molecular flexibility index (Phi) is 5.37. The smallest absolute Gasteiger partial charge is 0.342 e. The van der Waals surface area contributed by atoms with Crippen molar-refractivity contribution < 1.29 is 24.3 Å². The standard InChI is InChI=1S/C28H27Cl2NO5/c1-16-11-12-18-24(26(2)22(32)13-14-28(16,26)34)35-25(33)27(18)15-21(23-19(29)9-6-10-20(23)30)31(36-27)17-7-4-3-5-8-17/h3-10,13-14,16,18,21,24,34H,11-12,15H2,1-2H3/t16-,18+,21?,24+,26-,27-,28+/m0/s1. The molecule has 2 aliphatic carbocycles. The molecule has 3 fully saturated rings. The number of hydrogen-bond acceptors (Lipinski definition) is 6. The third kappa shape index (κ3) is 2.99. The zero-order valence-electron chi connectivity index (χ0n) is 20.0. The van der Waals surface area contributed by atoms with Gasteiger partial charge in [0.25, 0.3) is 0 Å². The first-order valence-electron chi connectivity index (χ1n) is 12.3. The number of aliphatic hydroxyl groups is 1. The highest BCUT2D eigenvalue weighted by Crippen LogP contribution is 2.62. The maximum absolute atomic E-state index is 13.8. The number of ketones is 1. The highest BCUT2D eigenvalue weighted by Gasteiger charge is 2.74. The molecule has 0 bridgehead atoms. The average molecular weight is 528 g/mol. The molecule has 1 N–H and O–H groups in total. The van der Waals surface area contributed by atoms with Crippen molar-refractivity contribution in [2.75, 3.05) is 5.06 Å². The summed E-state index contributed by atoms with van der Waals surface area (Å²) < 4.78 is 6.04. The minimum atomic E-state index is -1.40. The molecule has 2 aliphatic heterocycles. The predicted octanol–water partition coefficient (Wildman–Crippen LogP) is 5.46. The SMILES string of the molecule is C[C@H]1CC[C@@H]2[C@@H](OC(=O)[C@]23CC(c2c(Cl)cccc2Cl)N(c2ccccc2)O3)[C@]2(C)C(=O)C=C[C@@]12O. The predicted molar refractivity (Wildman–Crippen MR) is 136 cm³/mol. The fourth-order valence-electron chi connectivity index (χ4n) is 6.88. The molecule has 1 saturated carbocycles. The number of fused-ring (bicyclic) bond motifs is 4. The van der Waals surface area contributed by atoms with E-state index in [4.69, 9.17) is 32.8 Å². The van der Waals surface area contributed by atoms with Crippen molar-refractivity contribution in [3.05, 3.63) is 76.3 Å². The maximum atomic E-state index is 13.8. The number of carbonyl (C=O) groups excluding carboxylic acids is 2. The van der Waals surface area contributed by atoms with Crippen molar-refractivity contribution in [1.29, 1.82) is 0 Å². The van der Waals surface area contributed by atoms with Gasteiger partial charge in [0.05, 0.1) is 17.1 Å². The second-order valence-corrected chi connectivity index (χ2v) is 11.4. The number of benzene rings is 2. The molecule has 4 aliphatic rings. The number of nitrogens with zero attached hydrogens (tertiary/aromatic N) is 1. The van der Waals surface area contributed by atoms with Crippen LogP contribution < -0.4 is 5.06 Å². The van der Waals surface area contributed by atoms with Crippen molar-refractivity contribution >= 4 is 40.6 Å². The van der Waals surface area contributed by atoms with E-state index < -0.39 is 40.7 Å². The molecule has 2 saturated heterocycles. The normalized spacial score (nSPS) is 39.3. The van der Waals surface area contributed by atoms with Crippen LogP contribution in [-0.4, -0.2) is 34.2 Å². The number of para-hydroxylation sites is 1. The van der Waals surface area contributed by atoms with Gasteiger partial charge in [-0.1, -0.05) is 54.4 Å². The number of hydrogen-bond donors (Lipinski definition) is 1. The minimum absolute atomic E-state index is 0.202. The molecule has 1 unspecified atom stereocenters. The van der Waals surface area contributed by atoms with Gasteiger partial charge in [-0.25, -0.2) is 9.86 Å². The van der Waals surface area contributed by atoms with Gasteiger partial charge >= 0.3 is 5.97 Å². The number of halogens is 2. The second-order valence-electron chi connectivity index (χ2n) is 10.6. The Hall–Kier alpha value is -2.38. The van der Waals surface area contributed by atoms with Crippen LogP contribution >= 0.6 is 23.2 Å². The second kappa shape index (κ2) is 8.06. The van der Waals surface area contributed by atoms with Gasteiger partial charge in [-0.05, 0) is 62.1 Å². The fourth-order valence-corrected chi connectivity index (χ4v) is 7.53. The molecule has 2 aromatic rings. The first-order chi connectivity index (χ1) is 17.1. The van der Waals surface area contributed by atoms with Crippen LogP contribution in [0.4, 0.5) is 5.69 Å². The monoisotopic (exact) mass is 527 g/mol. The molecule has 0 aromatic heterocycles. The number of allylic oxidation sites excluding steroid dienone is 1. The lowest BCUT2D eigenvalue weighted by molar-refractivity contribution is -0.169. The number of hydroxylamine groups is 1. The Morgan fingerprint density at radius 2 is 1.72 bits per heavy atom. The van der Waals surface area contributed by atoms with Crippen LogP contribution in [0.1, 0.15) is 44.7 Å². The summed E-state index contributed by atoms with van der Waals surface area (Å²) in [6.07, 6.45) is 3.59. The van der Waals surface area contributed by atoms with Gasteiger partial charge in [-0.15, -0.1) is 0 Å². The Balaban J connectivity index is 1.49. The van der Waals surface area contributed by atoms with Crippen molar-refractivity contribution in [1.82, 2.24) is 0 Å². The molecule has 6 nitrogen and oxygen atoms in total. The number of ether oxygens (including phenoxy) is 1. The van der Waals surface area contributed by atoms with Crippen LogP contribution in [0.2, 0.25) is 10.0 Å². The highest BCUT2D eigenvalue weighted by atomic mass is 35.5. The summed E-state index contributed by atoms with van der Waals surface area (Å²) >= 11 is 13.3. The molecule has 1 spiro atoms. The summed E-state index contributed by atoms with van der Waals surface area (Å²) in [5, 5.41) is 14.4. The van der Waals surface area contributed by atoms with Gasteiger partial charge < -0.3 is 9.84 Å². The van der Waals surface area contributed by atoms with Crippen LogP contribution in [-0.2, 0) is 19.2 Å². The van der Waals surface area contributed by atoms with Crippen LogP contribution in [0.5, 0.6) is 0 Å². The molecule has 8 heteroatoms. The van der Waals surface area contributed by atoms with E-state index in [1.54, 1.807) is 36.3 Å². The average Bonchev–Trinajstić information content (AvgIpc) is 3.44. The lowest BCUT2D eigenvalue weighted by Gasteiger charge is -2.43. The van der Waals surface area contributed by atoms with Crippen molar-refractivity contribution in [3.63, 3.8) is 0 Å². The van der Waals surface area contributed by atoms with Crippen molar-refractivity contribution in [3.8, 4) is 0 Å². The zero-order valence-corrected chi connectivity index (χ0v) is 21.5. The van der Waals surface area contributed by atoms with Crippen LogP contribution in [0.3, 0.4) is 0 Å². The van der Waals surface area contributed by atoms with E-state index in [0.29, 0.717) is 28.5 Å². The summed E-state index contributed by atoms with van der Waals surface area (Å²) in [7, 11) is 0. The summed E-state index contributed by atoms with van der Waals surface area (Å²) in [4.78, 5) is 33.6. The Bertz CT molecular complexity index is 1260. The largest absolute Gasteiger partial charge is 0.459 e. The van der Waals surface area contributed by atoms with Crippen LogP contribution in [0.25, 0.3) is 0 Å². The number of rotatable bonds is 2. The Morgan fingerprint density at radius 3 is 2.42 bits per heavy atom. The van der Waals surface area contributed by atoms with E-state index in [-0.39, 0.29) is 18.1 Å². The molecule has 7 atom stereocenters. The van der Waals surface area contributed by atoms with E-state index in [1.807, 2.05) is 37.3 Å². The number of anilines is 1. The quantitative estimate of drug-likeness (QED) is 0.522. The molecular formula is C28H27Cl2NO5. The third-order valence-electron chi connectivity index (χ3n) is 8.99. The number of esters is 1. The van der Waals surface area contributed by atoms with E-state index in [2.05, 4.69) is 0 Å².